The van der Waals surface area contributed by atoms with Crippen molar-refractivity contribution in [3.63, 3.8) is 0 Å². The minimum atomic E-state index is -0.703. The molecule has 0 unspecified atom stereocenters. The van der Waals surface area contributed by atoms with Crippen molar-refractivity contribution >= 4 is 17.5 Å². The summed E-state index contributed by atoms with van der Waals surface area (Å²) in [5.74, 6) is 0.543. The average Bonchev–Trinajstić information content (AvgIpc) is 3.08. The summed E-state index contributed by atoms with van der Waals surface area (Å²) in [7, 11) is 0. The molecule has 1 aromatic carbocycles. The lowest BCUT2D eigenvalue weighted by atomic mass is 10.1. The minimum absolute atomic E-state index is 0.0828. The number of carbonyl (C=O) groups is 1. The Labute approximate surface area is 169 Å². The van der Waals surface area contributed by atoms with Crippen molar-refractivity contribution < 1.29 is 9.90 Å². The highest BCUT2D eigenvalue weighted by molar-refractivity contribution is 6.30. The average molecular weight is 399 g/mol. The number of aliphatic hydroxyl groups excluding tert-OH is 1. The van der Waals surface area contributed by atoms with E-state index in [9.17, 15) is 4.79 Å². The summed E-state index contributed by atoms with van der Waals surface area (Å²) in [6.07, 6.45) is 4.17. The van der Waals surface area contributed by atoms with Gasteiger partial charge < -0.3 is 15.0 Å². The molecule has 0 atom stereocenters. The highest BCUT2D eigenvalue weighted by Crippen LogP contribution is 2.30. The number of imidazole rings is 1. The molecule has 3 aromatic rings. The van der Waals surface area contributed by atoms with Crippen LogP contribution in [0.15, 0.2) is 48.8 Å². The molecule has 0 aliphatic heterocycles. The summed E-state index contributed by atoms with van der Waals surface area (Å²) in [4.78, 5) is 21.0. The maximum Gasteiger partial charge on any atom is 0.218 e. The van der Waals surface area contributed by atoms with Gasteiger partial charge in [-0.15, -0.1) is 0 Å². The number of hydrogen-bond acceptors (Lipinski definition) is 4. The van der Waals surface area contributed by atoms with E-state index in [1.54, 1.807) is 12.3 Å². The molecule has 0 bridgehead atoms. The lowest BCUT2D eigenvalue weighted by Crippen LogP contribution is -2.44. The van der Waals surface area contributed by atoms with Gasteiger partial charge >= 0.3 is 0 Å². The molecule has 2 aromatic heterocycles. The summed E-state index contributed by atoms with van der Waals surface area (Å²) in [6.45, 7) is 5.39. The van der Waals surface area contributed by atoms with Crippen LogP contribution in [0.25, 0.3) is 22.8 Å². The summed E-state index contributed by atoms with van der Waals surface area (Å²) in [6, 6.07) is 11.2. The van der Waals surface area contributed by atoms with Gasteiger partial charge in [0.15, 0.2) is 0 Å². The zero-order valence-corrected chi connectivity index (χ0v) is 16.9. The van der Waals surface area contributed by atoms with Gasteiger partial charge in [-0.2, -0.15) is 0 Å². The molecule has 3 rings (SSSR count). The number of halogens is 1. The summed E-state index contributed by atoms with van der Waals surface area (Å²) in [5, 5.41) is 12.6. The summed E-state index contributed by atoms with van der Waals surface area (Å²) in [5.41, 5.74) is 2.49. The fraction of sp³-hybridized carbons (Fsp3) is 0.286. The highest BCUT2D eigenvalue weighted by Gasteiger charge is 2.26. The molecule has 146 valence electrons. The van der Waals surface area contributed by atoms with Crippen molar-refractivity contribution in [1.29, 1.82) is 0 Å². The summed E-state index contributed by atoms with van der Waals surface area (Å²) < 4.78 is 1.92. The monoisotopic (exact) mass is 398 g/mol. The lowest BCUT2D eigenvalue weighted by molar-refractivity contribution is -0.121. The van der Waals surface area contributed by atoms with E-state index in [0.29, 0.717) is 28.7 Å². The van der Waals surface area contributed by atoms with Crippen LogP contribution < -0.4 is 5.32 Å². The first kappa shape index (κ1) is 20.0. The molecular weight excluding hydrogens is 376 g/mol. The Bertz CT molecular complexity index is 980. The number of aromatic nitrogens is 3. The van der Waals surface area contributed by atoms with E-state index in [2.05, 4.69) is 10.3 Å². The van der Waals surface area contributed by atoms with Crippen molar-refractivity contribution in [2.75, 3.05) is 6.61 Å². The number of nitrogens with zero attached hydrogens (tertiary/aromatic N) is 3. The van der Waals surface area contributed by atoms with Gasteiger partial charge in [0, 0.05) is 36.5 Å². The SMILES string of the molecule is CC(=O)NC(C)(C)n1cc(-c2ccc(CCO)cn2)nc1-c1cccc(Cl)c1. The third kappa shape index (κ3) is 4.40. The number of benzene rings is 1. The molecule has 1 amide bonds. The van der Waals surface area contributed by atoms with Gasteiger partial charge in [-0.05, 0) is 44.0 Å². The van der Waals surface area contributed by atoms with Gasteiger partial charge in [-0.1, -0.05) is 29.8 Å². The molecule has 0 fully saturated rings. The molecule has 0 spiro atoms. The van der Waals surface area contributed by atoms with Crippen LogP contribution in [-0.4, -0.2) is 32.2 Å². The van der Waals surface area contributed by atoms with Gasteiger partial charge in [-0.25, -0.2) is 4.98 Å². The van der Waals surface area contributed by atoms with Gasteiger partial charge in [0.2, 0.25) is 5.91 Å². The highest BCUT2D eigenvalue weighted by atomic mass is 35.5. The molecule has 0 radical (unpaired) electrons. The first-order valence-corrected chi connectivity index (χ1v) is 9.38. The predicted molar refractivity (Wildman–Crippen MR) is 110 cm³/mol. The first-order valence-electron chi connectivity index (χ1n) is 9.01. The lowest BCUT2D eigenvalue weighted by Gasteiger charge is -2.29. The molecule has 0 saturated carbocycles. The number of nitrogens with one attached hydrogen (secondary N) is 1. The van der Waals surface area contributed by atoms with Gasteiger partial charge in [-0.3, -0.25) is 9.78 Å². The fourth-order valence-corrected chi connectivity index (χ4v) is 3.30. The Morgan fingerprint density at radius 2 is 2.04 bits per heavy atom. The first-order chi connectivity index (χ1) is 13.3. The maximum atomic E-state index is 11.7. The molecule has 0 aliphatic rings. The van der Waals surface area contributed by atoms with Crippen LogP contribution in [0.3, 0.4) is 0 Å². The van der Waals surface area contributed by atoms with E-state index in [1.807, 2.05) is 54.9 Å². The van der Waals surface area contributed by atoms with Crippen LogP contribution >= 0.6 is 11.6 Å². The molecule has 2 N–H and O–H groups in total. The van der Waals surface area contributed by atoms with E-state index < -0.39 is 5.66 Å². The maximum absolute atomic E-state index is 11.7. The van der Waals surface area contributed by atoms with E-state index in [0.717, 1.165) is 11.1 Å². The fourth-order valence-electron chi connectivity index (χ4n) is 3.11. The number of amides is 1. The standard InChI is InChI=1S/C21H23ClN4O2/c1-14(28)25-21(2,3)26-13-19(18-8-7-15(9-10-27)12-23-18)24-20(26)16-5-4-6-17(22)11-16/h4-8,11-13,27H,9-10H2,1-3H3,(H,25,28). The van der Waals surface area contributed by atoms with Crippen LogP contribution in [0.4, 0.5) is 0 Å². The zero-order chi connectivity index (χ0) is 20.3. The Morgan fingerprint density at radius 3 is 2.64 bits per heavy atom. The molecule has 6 nitrogen and oxygen atoms in total. The second kappa shape index (κ2) is 8.12. The third-order valence-corrected chi connectivity index (χ3v) is 4.60. The number of pyridine rings is 1. The minimum Gasteiger partial charge on any atom is -0.396 e. The Kier molecular flexibility index (Phi) is 5.82. The molecule has 2 heterocycles. The van der Waals surface area contributed by atoms with Crippen LogP contribution in [0, 0.1) is 0 Å². The second-order valence-corrected chi connectivity index (χ2v) is 7.53. The molecule has 28 heavy (non-hydrogen) atoms. The Hall–Kier alpha value is -2.70. The van der Waals surface area contributed by atoms with Crippen LogP contribution in [0.5, 0.6) is 0 Å². The van der Waals surface area contributed by atoms with Crippen molar-refractivity contribution in [2.45, 2.75) is 32.9 Å². The third-order valence-electron chi connectivity index (χ3n) is 4.36. The smallest absolute Gasteiger partial charge is 0.218 e. The topological polar surface area (TPSA) is 80.0 Å². The number of rotatable bonds is 6. The van der Waals surface area contributed by atoms with Gasteiger partial charge in [0.25, 0.3) is 0 Å². The molecule has 0 saturated heterocycles. The predicted octanol–water partition coefficient (Wildman–Crippen LogP) is 3.63. The van der Waals surface area contributed by atoms with Crippen LogP contribution in [-0.2, 0) is 16.9 Å². The number of carbonyl (C=O) groups excluding carboxylic acids is 1. The van der Waals surface area contributed by atoms with E-state index >= 15 is 0 Å². The van der Waals surface area contributed by atoms with E-state index in [4.69, 9.17) is 21.7 Å². The Morgan fingerprint density at radius 1 is 1.25 bits per heavy atom. The van der Waals surface area contributed by atoms with E-state index in [-0.39, 0.29) is 12.5 Å². The largest absolute Gasteiger partial charge is 0.396 e. The van der Waals surface area contributed by atoms with Gasteiger partial charge in [0.05, 0.1) is 5.69 Å². The number of aliphatic hydroxyl groups is 1. The van der Waals surface area contributed by atoms with E-state index in [1.165, 1.54) is 6.92 Å². The zero-order valence-electron chi connectivity index (χ0n) is 16.1. The van der Waals surface area contributed by atoms with Crippen molar-refractivity contribution in [3.05, 3.63) is 59.4 Å². The van der Waals surface area contributed by atoms with Crippen molar-refractivity contribution in [1.82, 2.24) is 19.9 Å². The van der Waals surface area contributed by atoms with Gasteiger partial charge in [0.1, 0.15) is 17.2 Å². The Balaban J connectivity index is 2.10. The van der Waals surface area contributed by atoms with Crippen molar-refractivity contribution in [3.8, 4) is 22.8 Å². The quantitative estimate of drug-likeness (QED) is 0.664. The molecule has 0 aliphatic carbocycles. The normalized spacial score (nSPS) is 11.5. The van der Waals surface area contributed by atoms with Crippen LogP contribution in [0.1, 0.15) is 26.3 Å². The van der Waals surface area contributed by atoms with Crippen LogP contribution in [0.2, 0.25) is 5.02 Å². The molecule has 7 heteroatoms. The molecular formula is C21H23ClN4O2. The number of hydrogen-bond donors (Lipinski definition) is 2. The van der Waals surface area contributed by atoms with Crippen molar-refractivity contribution in [2.24, 2.45) is 0 Å². The second-order valence-electron chi connectivity index (χ2n) is 7.10. The summed E-state index contributed by atoms with van der Waals surface area (Å²) >= 11 is 6.18.